The number of hydrogen-bond acceptors (Lipinski definition) is 2. The lowest BCUT2D eigenvalue weighted by Gasteiger charge is -2.28. The van der Waals surface area contributed by atoms with E-state index in [1.165, 1.54) is 9.13 Å². The first kappa shape index (κ1) is 10.4. The Balaban J connectivity index is 2.16. The van der Waals surface area contributed by atoms with Crippen molar-refractivity contribution in [3.63, 3.8) is 0 Å². The average molecular weight is 303 g/mol. The predicted molar refractivity (Wildman–Crippen MR) is 65.3 cm³/mol. The van der Waals surface area contributed by atoms with Crippen LogP contribution in [0.5, 0.6) is 0 Å². The second-order valence-corrected chi connectivity index (χ2v) is 4.93. The molecule has 0 aromatic heterocycles. The van der Waals surface area contributed by atoms with Crippen LogP contribution < -0.4 is 5.73 Å². The van der Waals surface area contributed by atoms with E-state index in [-0.39, 0.29) is 6.04 Å². The molecule has 0 spiro atoms. The van der Waals surface area contributed by atoms with Gasteiger partial charge in [-0.25, -0.2) is 0 Å². The Morgan fingerprint density at radius 3 is 2.64 bits per heavy atom. The topological polar surface area (TPSA) is 35.2 Å². The van der Waals surface area contributed by atoms with Crippen LogP contribution in [-0.2, 0) is 4.74 Å². The maximum atomic E-state index is 6.07. The highest BCUT2D eigenvalue weighted by Gasteiger charge is 2.23. The highest BCUT2D eigenvalue weighted by molar-refractivity contribution is 14.1. The number of benzene rings is 1. The number of rotatable bonds is 1. The molecule has 1 aliphatic heterocycles. The van der Waals surface area contributed by atoms with Crippen LogP contribution in [-0.4, -0.2) is 19.3 Å². The van der Waals surface area contributed by atoms with Gasteiger partial charge in [-0.05, 0) is 46.7 Å². The average Bonchev–Trinajstić information content (AvgIpc) is 2.20. The summed E-state index contributed by atoms with van der Waals surface area (Å²) < 4.78 is 6.72. The van der Waals surface area contributed by atoms with Gasteiger partial charge in [-0.15, -0.1) is 0 Å². The van der Waals surface area contributed by atoms with Crippen molar-refractivity contribution >= 4 is 22.6 Å². The molecule has 0 saturated carbocycles. The van der Waals surface area contributed by atoms with Gasteiger partial charge in [-0.3, -0.25) is 0 Å². The summed E-state index contributed by atoms with van der Waals surface area (Å²) in [5.74, 6) is 0.376. The Labute approximate surface area is 98.0 Å². The van der Waals surface area contributed by atoms with Crippen LogP contribution in [0.1, 0.15) is 17.9 Å². The Kier molecular flexibility index (Phi) is 3.41. The van der Waals surface area contributed by atoms with Gasteiger partial charge in [0.05, 0.1) is 6.61 Å². The zero-order valence-electron chi connectivity index (χ0n) is 7.95. The van der Waals surface area contributed by atoms with Gasteiger partial charge < -0.3 is 10.5 Å². The molecular weight excluding hydrogens is 289 g/mol. The van der Waals surface area contributed by atoms with Gasteiger partial charge in [0.15, 0.2) is 0 Å². The lowest BCUT2D eigenvalue weighted by molar-refractivity contribution is 0.0691. The molecule has 0 unspecified atom stereocenters. The zero-order valence-corrected chi connectivity index (χ0v) is 10.1. The molecule has 2 N–H and O–H groups in total. The van der Waals surface area contributed by atoms with Crippen molar-refractivity contribution in [2.45, 2.75) is 18.4 Å². The van der Waals surface area contributed by atoms with E-state index in [9.17, 15) is 0 Å². The molecule has 0 amide bonds. The SMILES string of the molecule is N[C@@H]1CCOC[C@@H]1c1ccc(I)cc1. The van der Waals surface area contributed by atoms with Crippen molar-refractivity contribution in [1.29, 1.82) is 0 Å². The molecule has 0 bridgehead atoms. The highest BCUT2D eigenvalue weighted by Crippen LogP contribution is 2.24. The Morgan fingerprint density at radius 2 is 2.00 bits per heavy atom. The minimum atomic E-state index is 0.254. The van der Waals surface area contributed by atoms with Crippen LogP contribution in [0.25, 0.3) is 0 Å². The summed E-state index contributed by atoms with van der Waals surface area (Å²) in [5.41, 5.74) is 7.37. The summed E-state index contributed by atoms with van der Waals surface area (Å²) in [6, 6.07) is 8.81. The second kappa shape index (κ2) is 4.59. The van der Waals surface area contributed by atoms with E-state index < -0.39 is 0 Å². The smallest absolute Gasteiger partial charge is 0.0549 e. The van der Waals surface area contributed by atoms with Crippen LogP contribution in [0.2, 0.25) is 0 Å². The van der Waals surface area contributed by atoms with Gasteiger partial charge in [-0.1, -0.05) is 12.1 Å². The molecule has 2 nitrogen and oxygen atoms in total. The van der Waals surface area contributed by atoms with E-state index >= 15 is 0 Å². The van der Waals surface area contributed by atoms with E-state index in [0.29, 0.717) is 5.92 Å². The molecule has 0 aliphatic carbocycles. The maximum Gasteiger partial charge on any atom is 0.0549 e. The summed E-state index contributed by atoms with van der Waals surface area (Å²) in [4.78, 5) is 0. The van der Waals surface area contributed by atoms with Gasteiger partial charge in [0.25, 0.3) is 0 Å². The number of hydrogen-bond donors (Lipinski definition) is 1. The molecule has 1 saturated heterocycles. The van der Waals surface area contributed by atoms with Crippen molar-refractivity contribution in [3.8, 4) is 0 Å². The molecule has 76 valence electrons. The van der Waals surface area contributed by atoms with E-state index in [0.717, 1.165) is 19.6 Å². The lowest BCUT2D eigenvalue weighted by atomic mass is 9.89. The van der Waals surface area contributed by atoms with E-state index in [1.807, 2.05) is 0 Å². The third-order valence-corrected chi connectivity index (χ3v) is 3.43. The fraction of sp³-hybridized carbons (Fsp3) is 0.455. The number of nitrogens with two attached hydrogens (primary N) is 1. The van der Waals surface area contributed by atoms with E-state index in [4.69, 9.17) is 10.5 Å². The highest BCUT2D eigenvalue weighted by atomic mass is 127. The molecular formula is C11H14INO. The molecule has 3 heteroatoms. The summed E-state index contributed by atoms with van der Waals surface area (Å²) in [7, 11) is 0. The van der Waals surface area contributed by atoms with Gasteiger partial charge >= 0.3 is 0 Å². The second-order valence-electron chi connectivity index (χ2n) is 3.69. The molecule has 1 aromatic rings. The largest absolute Gasteiger partial charge is 0.381 e. The van der Waals surface area contributed by atoms with Crippen molar-refractivity contribution < 1.29 is 4.74 Å². The van der Waals surface area contributed by atoms with Gasteiger partial charge in [0, 0.05) is 22.1 Å². The maximum absolute atomic E-state index is 6.07. The number of halogens is 1. The van der Waals surface area contributed by atoms with Crippen molar-refractivity contribution in [3.05, 3.63) is 33.4 Å². The Morgan fingerprint density at radius 1 is 1.29 bits per heavy atom. The van der Waals surface area contributed by atoms with Gasteiger partial charge in [0.2, 0.25) is 0 Å². The summed E-state index contributed by atoms with van der Waals surface area (Å²) in [6.45, 7) is 1.57. The van der Waals surface area contributed by atoms with Crippen LogP contribution in [0.4, 0.5) is 0 Å². The van der Waals surface area contributed by atoms with Crippen molar-refractivity contribution in [2.75, 3.05) is 13.2 Å². The van der Waals surface area contributed by atoms with Crippen LogP contribution in [0, 0.1) is 3.57 Å². The first-order chi connectivity index (χ1) is 6.77. The van der Waals surface area contributed by atoms with Crippen molar-refractivity contribution in [2.24, 2.45) is 5.73 Å². The summed E-state index contributed by atoms with van der Waals surface area (Å²) in [5, 5.41) is 0. The minimum absolute atomic E-state index is 0.254. The molecule has 2 rings (SSSR count). The fourth-order valence-corrected chi connectivity index (χ4v) is 2.17. The first-order valence-electron chi connectivity index (χ1n) is 4.86. The number of ether oxygens (including phenoxy) is 1. The van der Waals surface area contributed by atoms with Gasteiger partial charge in [0.1, 0.15) is 0 Å². The van der Waals surface area contributed by atoms with Crippen LogP contribution in [0.15, 0.2) is 24.3 Å². The molecule has 1 aromatic carbocycles. The molecule has 1 heterocycles. The predicted octanol–water partition coefficient (Wildman–Crippen LogP) is 2.12. The standard InChI is InChI=1S/C11H14INO/c12-9-3-1-8(2-4-9)10-7-14-6-5-11(10)13/h1-4,10-11H,5-7,13H2/t10-,11-/m1/s1. The minimum Gasteiger partial charge on any atom is -0.381 e. The van der Waals surface area contributed by atoms with Gasteiger partial charge in [-0.2, -0.15) is 0 Å². The molecule has 1 aliphatic rings. The van der Waals surface area contributed by atoms with E-state index in [2.05, 4.69) is 46.9 Å². The molecule has 1 fully saturated rings. The lowest BCUT2D eigenvalue weighted by Crippen LogP contribution is -2.36. The summed E-state index contributed by atoms with van der Waals surface area (Å²) in [6.07, 6.45) is 0.969. The monoisotopic (exact) mass is 303 g/mol. The molecule has 2 atom stereocenters. The molecule has 14 heavy (non-hydrogen) atoms. The zero-order chi connectivity index (χ0) is 9.97. The third-order valence-electron chi connectivity index (χ3n) is 2.71. The molecule has 0 radical (unpaired) electrons. The Hall–Kier alpha value is -0.130. The third kappa shape index (κ3) is 2.27. The van der Waals surface area contributed by atoms with Crippen molar-refractivity contribution in [1.82, 2.24) is 0 Å². The van der Waals surface area contributed by atoms with Crippen LogP contribution >= 0.6 is 22.6 Å². The quantitative estimate of drug-likeness (QED) is 0.807. The van der Waals surface area contributed by atoms with E-state index in [1.54, 1.807) is 0 Å². The fourth-order valence-electron chi connectivity index (χ4n) is 1.81. The van der Waals surface area contributed by atoms with Crippen LogP contribution in [0.3, 0.4) is 0 Å². The summed E-state index contributed by atoms with van der Waals surface area (Å²) >= 11 is 2.31. The normalized spacial score (nSPS) is 27.6. The Bertz CT molecular complexity index is 299. The first-order valence-corrected chi connectivity index (χ1v) is 5.94.